The van der Waals surface area contributed by atoms with Crippen molar-refractivity contribution in [3.8, 4) is 0 Å². The number of benzene rings is 1. The first-order valence-electron chi connectivity index (χ1n) is 6.45. The highest BCUT2D eigenvalue weighted by Crippen LogP contribution is 2.30. The molecule has 0 spiro atoms. The fourth-order valence-electron chi connectivity index (χ4n) is 1.67. The summed E-state index contributed by atoms with van der Waals surface area (Å²) in [4.78, 5) is 21.8. The number of rotatable bonds is 6. The minimum atomic E-state index is -0.466. The predicted octanol–water partition coefficient (Wildman–Crippen LogP) is 2.63. The van der Waals surface area contributed by atoms with Gasteiger partial charge in [0, 0.05) is 24.1 Å². The highest BCUT2D eigenvalue weighted by atomic mass is 32.1. The summed E-state index contributed by atoms with van der Waals surface area (Å²) in [5, 5.41) is 14.6. The standard InChI is InChI=1S/C12H15N5O3S/c1-2-3-6-13-12(18)15-14-11-9-7-8(17(19)20)4-5-10(9)16-21-11/h4-5,7,14H,2-3,6H2,1H3,(H2,13,15,18). The van der Waals surface area contributed by atoms with E-state index < -0.39 is 4.92 Å². The van der Waals surface area contributed by atoms with Crippen molar-refractivity contribution in [2.24, 2.45) is 0 Å². The summed E-state index contributed by atoms with van der Waals surface area (Å²) in [6, 6.07) is 4.06. The van der Waals surface area contributed by atoms with E-state index in [1.165, 1.54) is 12.1 Å². The number of nitro groups is 1. The molecule has 3 N–H and O–H groups in total. The lowest BCUT2D eigenvalue weighted by atomic mass is 10.2. The van der Waals surface area contributed by atoms with Crippen LogP contribution in [0.3, 0.4) is 0 Å². The number of amides is 2. The van der Waals surface area contributed by atoms with E-state index >= 15 is 0 Å². The molecule has 0 aliphatic carbocycles. The van der Waals surface area contributed by atoms with Crippen LogP contribution in [0, 0.1) is 10.1 Å². The number of hydrogen-bond acceptors (Lipinski definition) is 6. The second-order valence-corrected chi connectivity index (χ2v) is 5.10. The SMILES string of the molecule is CCCCNC(=O)NNc1snc2ccc([N+](=O)[O-])cc12. The van der Waals surface area contributed by atoms with Gasteiger partial charge in [0.25, 0.3) is 5.69 Å². The number of hydrogen-bond donors (Lipinski definition) is 3. The van der Waals surface area contributed by atoms with Gasteiger partial charge in [0.2, 0.25) is 0 Å². The van der Waals surface area contributed by atoms with Crippen molar-refractivity contribution in [2.45, 2.75) is 19.8 Å². The van der Waals surface area contributed by atoms with Gasteiger partial charge in [-0.1, -0.05) is 13.3 Å². The van der Waals surface area contributed by atoms with Gasteiger partial charge < -0.3 is 5.32 Å². The summed E-state index contributed by atoms with van der Waals surface area (Å²) in [6.45, 7) is 2.63. The maximum absolute atomic E-state index is 11.5. The Bertz CT molecular complexity index is 657. The molecule has 2 amide bonds. The molecule has 2 aromatic rings. The molecule has 0 fully saturated rings. The molecule has 8 nitrogen and oxygen atoms in total. The van der Waals surface area contributed by atoms with Crippen molar-refractivity contribution >= 4 is 39.2 Å². The normalized spacial score (nSPS) is 10.3. The molecule has 0 aliphatic heterocycles. The minimum absolute atomic E-state index is 0.0156. The Labute approximate surface area is 124 Å². The number of fused-ring (bicyclic) bond motifs is 1. The van der Waals surface area contributed by atoms with Crippen molar-refractivity contribution < 1.29 is 9.72 Å². The number of nitro benzene ring substituents is 1. The van der Waals surface area contributed by atoms with E-state index in [0.717, 1.165) is 24.4 Å². The van der Waals surface area contributed by atoms with E-state index in [9.17, 15) is 14.9 Å². The van der Waals surface area contributed by atoms with Gasteiger partial charge in [-0.05, 0) is 24.0 Å². The first-order chi connectivity index (χ1) is 10.1. The van der Waals surface area contributed by atoms with Crippen LogP contribution in [-0.4, -0.2) is 21.9 Å². The number of hydrazine groups is 1. The molecular formula is C12H15N5O3S. The average molecular weight is 309 g/mol. The van der Waals surface area contributed by atoms with Crippen LogP contribution in [0.25, 0.3) is 10.9 Å². The second kappa shape index (κ2) is 6.84. The van der Waals surface area contributed by atoms with Gasteiger partial charge in [-0.25, -0.2) is 4.79 Å². The second-order valence-electron chi connectivity index (χ2n) is 4.33. The average Bonchev–Trinajstić information content (AvgIpc) is 2.87. The van der Waals surface area contributed by atoms with Crippen molar-refractivity contribution in [3.05, 3.63) is 28.3 Å². The zero-order valence-corrected chi connectivity index (χ0v) is 12.2. The van der Waals surface area contributed by atoms with E-state index in [0.29, 0.717) is 22.4 Å². The van der Waals surface area contributed by atoms with E-state index in [2.05, 4.69) is 20.5 Å². The van der Waals surface area contributed by atoms with E-state index in [1.54, 1.807) is 6.07 Å². The highest BCUT2D eigenvalue weighted by molar-refractivity contribution is 7.11. The zero-order valence-electron chi connectivity index (χ0n) is 11.4. The van der Waals surface area contributed by atoms with Crippen LogP contribution in [0.1, 0.15) is 19.8 Å². The molecule has 1 aromatic heterocycles. The Hall–Kier alpha value is -2.42. The van der Waals surface area contributed by atoms with Gasteiger partial charge in [0.05, 0.1) is 10.4 Å². The number of aromatic nitrogens is 1. The maximum atomic E-state index is 11.5. The fraction of sp³-hybridized carbons (Fsp3) is 0.333. The molecule has 0 bridgehead atoms. The molecule has 0 aliphatic rings. The lowest BCUT2D eigenvalue weighted by molar-refractivity contribution is -0.384. The van der Waals surface area contributed by atoms with Gasteiger partial charge in [-0.3, -0.25) is 21.0 Å². The van der Waals surface area contributed by atoms with Gasteiger partial charge in [-0.2, -0.15) is 4.37 Å². The van der Waals surface area contributed by atoms with Gasteiger partial charge in [0.1, 0.15) is 5.00 Å². The molecular weight excluding hydrogens is 294 g/mol. The smallest absolute Gasteiger partial charge is 0.333 e. The largest absolute Gasteiger partial charge is 0.337 e. The van der Waals surface area contributed by atoms with Crippen LogP contribution >= 0.6 is 11.5 Å². The quantitative estimate of drug-likeness (QED) is 0.432. The molecule has 21 heavy (non-hydrogen) atoms. The zero-order chi connectivity index (χ0) is 15.2. The van der Waals surface area contributed by atoms with Crippen molar-refractivity contribution in [2.75, 3.05) is 12.0 Å². The summed E-state index contributed by atoms with van der Waals surface area (Å²) in [5.74, 6) is 0. The Balaban J connectivity index is 2.03. The molecule has 9 heteroatoms. The Kier molecular flexibility index (Phi) is 4.88. The minimum Gasteiger partial charge on any atom is -0.337 e. The van der Waals surface area contributed by atoms with Gasteiger partial charge in [-0.15, -0.1) is 0 Å². The molecule has 2 rings (SSSR count). The number of unbranched alkanes of at least 4 members (excludes halogenated alkanes) is 1. The van der Waals surface area contributed by atoms with E-state index in [4.69, 9.17) is 0 Å². The molecule has 112 valence electrons. The van der Waals surface area contributed by atoms with Gasteiger partial charge in [0.15, 0.2) is 0 Å². The fourth-order valence-corrected chi connectivity index (χ4v) is 2.38. The first-order valence-corrected chi connectivity index (χ1v) is 7.23. The third-order valence-corrected chi connectivity index (χ3v) is 3.57. The Morgan fingerprint density at radius 2 is 2.29 bits per heavy atom. The highest BCUT2D eigenvalue weighted by Gasteiger charge is 2.12. The molecule has 1 heterocycles. The number of nitrogens with zero attached hydrogens (tertiary/aromatic N) is 2. The third kappa shape index (κ3) is 3.78. The van der Waals surface area contributed by atoms with Crippen LogP contribution in [0.4, 0.5) is 15.5 Å². The maximum Gasteiger partial charge on any atom is 0.333 e. The lowest BCUT2D eigenvalue weighted by Gasteiger charge is -2.07. The topological polar surface area (TPSA) is 109 Å². The predicted molar refractivity (Wildman–Crippen MR) is 81.3 cm³/mol. The van der Waals surface area contributed by atoms with Crippen LogP contribution in [0.15, 0.2) is 18.2 Å². The molecule has 0 saturated carbocycles. The van der Waals surface area contributed by atoms with Crippen LogP contribution in [0.2, 0.25) is 0 Å². The van der Waals surface area contributed by atoms with Crippen molar-refractivity contribution in [1.82, 2.24) is 15.1 Å². The molecule has 0 radical (unpaired) electrons. The summed E-state index contributed by atoms with van der Waals surface area (Å²) in [6.07, 6.45) is 1.90. The summed E-state index contributed by atoms with van der Waals surface area (Å²) >= 11 is 1.13. The number of carbonyl (C=O) groups excluding carboxylic acids is 1. The Morgan fingerprint density at radius 1 is 1.48 bits per heavy atom. The van der Waals surface area contributed by atoms with Gasteiger partial charge >= 0.3 is 6.03 Å². The van der Waals surface area contributed by atoms with E-state index in [1.807, 2.05) is 6.92 Å². The Morgan fingerprint density at radius 3 is 3.00 bits per heavy atom. The number of non-ortho nitro benzene ring substituents is 1. The van der Waals surface area contributed by atoms with Crippen molar-refractivity contribution in [3.63, 3.8) is 0 Å². The monoisotopic (exact) mass is 309 g/mol. The number of anilines is 1. The van der Waals surface area contributed by atoms with E-state index in [-0.39, 0.29) is 11.7 Å². The summed E-state index contributed by atoms with van der Waals surface area (Å²) in [7, 11) is 0. The molecule has 0 atom stereocenters. The third-order valence-electron chi connectivity index (χ3n) is 2.78. The molecule has 1 aromatic carbocycles. The molecule has 0 unspecified atom stereocenters. The summed E-state index contributed by atoms with van der Waals surface area (Å²) < 4.78 is 4.16. The first kappa shape index (κ1) is 15.0. The number of urea groups is 1. The number of carbonyl (C=O) groups is 1. The van der Waals surface area contributed by atoms with Crippen LogP contribution in [-0.2, 0) is 0 Å². The van der Waals surface area contributed by atoms with Crippen LogP contribution < -0.4 is 16.2 Å². The van der Waals surface area contributed by atoms with Crippen LogP contribution in [0.5, 0.6) is 0 Å². The lowest BCUT2D eigenvalue weighted by Crippen LogP contribution is -2.39. The summed E-state index contributed by atoms with van der Waals surface area (Å²) in [5.41, 5.74) is 5.84. The van der Waals surface area contributed by atoms with Crippen molar-refractivity contribution in [1.29, 1.82) is 0 Å². The molecule has 0 saturated heterocycles. The number of nitrogens with one attached hydrogen (secondary N) is 3.